The van der Waals surface area contributed by atoms with E-state index in [2.05, 4.69) is 9.47 Å². The average molecular weight is 1140 g/mol. The van der Waals surface area contributed by atoms with Gasteiger partial charge in [0.05, 0.1) is 0 Å². The van der Waals surface area contributed by atoms with E-state index in [0.717, 1.165) is 23.3 Å². The lowest BCUT2D eigenvalue weighted by Crippen LogP contribution is -2.33. The zero-order chi connectivity index (χ0) is 58.6. The normalized spacial score (nSPS) is 13.1. The maximum Gasteiger partial charge on any atom is 0.414 e. The summed E-state index contributed by atoms with van der Waals surface area (Å²) in [5.74, 6) is -16.7. The van der Waals surface area contributed by atoms with Gasteiger partial charge in [-0.1, -0.05) is 147 Å². The van der Waals surface area contributed by atoms with Gasteiger partial charge in [-0.25, -0.2) is 17.6 Å². The van der Waals surface area contributed by atoms with Gasteiger partial charge < -0.3 is 14.2 Å². The summed E-state index contributed by atoms with van der Waals surface area (Å²) >= 11 is 0. The van der Waals surface area contributed by atoms with Gasteiger partial charge in [-0.05, 0) is 106 Å². The predicted octanol–water partition coefficient (Wildman–Crippen LogP) is 18.2. The molecule has 2 unspecified atom stereocenters. The smallest absolute Gasteiger partial charge is 0.414 e. The molecule has 0 saturated carbocycles. The largest absolute Gasteiger partial charge is 0.456 e. The lowest BCUT2D eigenvalue weighted by atomic mass is 9.89. The highest BCUT2D eigenvalue weighted by molar-refractivity contribution is 5.66. The Hall–Kier alpha value is -7.50. The summed E-state index contributed by atoms with van der Waals surface area (Å²) in [4.78, 5) is 0. The molecule has 0 aliphatic carbocycles. The fraction of sp³-hybridized carbons (Fsp3) is 0.250. The second-order valence-electron chi connectivity index (χ2n) is 19.4. The SMILES string of the molecule is CCc1ccc(-c2ccc(Cc3ccccc3C(F)(F)c3c(Oc4ccc(CC(OC)C(F)(F)F)c(F)c4C(F)(F)c4ccccc4Cc4ccc(-c5ccc(CC)cc5F)cc4)ccc(CC(OC)C(F)(F)F)c3F)cc2)c(F)c1. The van der Waals surface area contributed by atoms with E-state index in [1.54, 1.807) is 72.8 Å². The van der Waals surface area contributed by atoms with Crippen LogP contribution in [0.5, 0.6) is 11.5 Å². The Kier molecular flexibility index (Phi) is 17.9. The van der Waals surface area contributed by atoms with Crippen molar-refractivity contribution in [3.05, 3.63) is 248 Å². The second kappa shape index (κ2) is 24.3. The van der Waals surface area contributed by atoms with Crippen LogP contribution in [0.4, 0.5) is 61.5 Å². The lowest BCUT2D eigenvalue weighted by Gasteiger charge is -2.28. The lowest BCUT2D eigenvalue weighted by molar-refractivity contribution is -0.212. The second-order valence-corrected chi connectivity index (χ2v) is 19.4. The fourth-order valence-corrected chi connectivity index (χ4v) is 9.76. The maximum atomic E-state index is 17.8. The van der Waals surface area contributed by atoms with Crippen molar-refractivity contribution in [2.45, 2.75) is 88.8 Å². The minimum atomic E-state index is -5.14. The molecule has 0 radical (unpaired) electrons. The Morgan fingerprint density at radius 1 is 0.395 bits per heavy atom. The Bertz CT molecular complexity index is 3270. The van der Waals surface area contributed by atoms with Crippen LogP contribution in [0.15, 0.2) is 158 Å². The van der Waals surface area contributed by atoms with Gasteiger partial charge in [0, 0.05) is 49.3 Å². The topological polar surface area (TPSA) is 27.7 Å². The van der Waals surface area contributed by atoms with E-state index in [1.165, 1.54) is 48.5 Å². The number of hydrogen-bond donors (Lipinski definition) is 0. The summed E-state index contributed by atoms with van der Waals surface area (Å²) in [7, 11) is 1.33. The number of ether oxygens (including phenoxy) is 3. The van der Waals surface area contributed by atoms with E-state index in [1.807, 2.05) is 13.8 Å². The van der Waals surface area contributed by atoms with Crippen molar-refractivity contribution in [2.24, 2.45) is 0 Å². The Morgan fingerprint density at radius 3 is 1.06 bits per heavy atom. The van der Waals surface area contributed by atoms with Crippen molar-refractivity contribution >= 4 is 0 Å². The van der Waals surface area contributed by atoms with Crippen molar-refractivity contribution < 1.29 is 75.7 Å². The van der Waals surface area contributed by atoms with E-state index in [-0.39, 0.29) is 35.1 Å². The van der Waals surface area contributed by atoms with Crippen LogP contribution in [0.3, 0.4) is 0 Å². The molecule has 0 N–H and O–H groups in total. The molecule has 0 bridgehead atoms. The van der Waals surface area contributed by atoms with E-state index in [4.69, 9.17) is 4.74 Å². The monoisotopic (exact) mass is 1130 g/mol. The third-order valence-corrected chi connectivity index (χ3v) is 14.2. The van der Waals surface area contributed by atoms with Crippen molar-refractivity contribution in [3.63, 3.8) is 0 Å². The molecule has 17 heteroatoms. The highest BCUT2D eigenvalue weighted by Crippen LogP contribution is 2.50. The van der Waals surface area contributed by atoms with Gasteiger partial charge in [0.25, 0.3) is 0 Å². The Labute approximate surface area is 458 Å². The molecule has 424 valence electrons. The van der Waals surface area contributed by atoms with E-state index in [0.29, 0.717) is 73.6 Å². The molecule has 0 aliphatic heterocycles. The van der Waals surface area contributed by atoms with E-state index in [9.17, 15) is 26.3 Å². The first-order valence-corrected chi connectivity index (χ1v) is 25.6. The van der Waals surface area contributed by atoms with Gasteiger partial charge in [-0.2, -0.15) is 43.9 Å². The molecule has 0 spiro atoms. The summed E-state index contributed by atoms with van der Waals surface area (Å²) in [6, 6.07) is 33.8. The molecule has 81 heavy (non-hydrogen) atoms. The first-order valence-electron chi connectivity index (χ1n) is 25.6. The number of rotatable bonds is 20. The Morgan fingerprint density at radius 2 is 0.741 bits per heavy atom. The first kappa shape index (κ1) is 59.6. The van der Waals surface area contributed by atoms with Gasteiger partial charge >= 0.3 is 24.2 Å². The van der Waals surface area contributed by atoms with Gasteiger partial charge in [0.15, 0.2) is 12.2 Å². The van der Waals surface area contributed by atoms with Gasteiger partial charge in [-0.15, -0.1) is 0 Å². The van der Waals surface area contributed by atoms with Crippen LogP contribution < -0.4 is 4.74 Å². The summed E-state index contributed by atoms with van der Waals surface area (Å²) < 4.78 is 235. The molecule has 8 aromatic rings. The molecule has 2 atom stereocenters. The van der Waals surface area contributed by atoms with Gasteiger partial charge in [0.2, 0.25) is 0 Å². The molecule has 0 amide bonds. The number of halogens is 14. The molecule has 0 saturated heterocycles. The number of aryl methyl sites for hydroxylation is 2. The quantitative estimate of drug-likeness (QED) is 0.0712. The number of alkyl halides is 10. The van der Waals surface area contributed by atoms with Crippen LogP contribution >= 0.6 is 0 Å². The van der Waals surface area contributed by atoms with Crippen LogP contribution in [0.1, 0.15) is 80.6 Å². The molecule has 0 fully saturated rings. The minimum absolute atomic E-state index is 0.154. The highest BCUT2D eigenvalue weighted by Gasteiger charge is 2.48. The number of benzene rings is 8. The molecular weight excluding hydrogens is 1080 g/mol. The van der Waals surface area contributed by atoms with Crippen LogP contribution in [-0.2, 0) is 59.8 Å². The van der Waals surface area contributed by atoms with Crippen LogP contribution in [0.2, 0.25) is 0 Å². The average Bonchev–Trinajstić information content (AvgIpc) is 3.62. The third-order valence-electron chi connectivity index (χ3n) is 14.2. The fourth-order valence-electron chi connectivity index (χ4n) is 9.76. The summed E-state index contributed by atoms with van der Waals surface area (Å²) in [6.07, 6.45) is -17.8. The summed E-state index contributed by atoms with van der Waals surface area (Å²) in [5, 5.41) is 0. The molecular formula is C64H52F14O3. The number of hydrogen-bond acceptors (Lipinski definition) is 3. The molecule has 3 nitrogen and oxygen atoms in total. The minimum Gasteiger partial charge on any atom is -0.456 e. The summed E-state index contributed by atoms with van der Waals surface area (Å²) in [5.41, 5.74) is -3.82. The first-order chi connectivity index (χ1) is 38.4. The van der Waals surface area contributed by atoms with Crippen molar-refractivity contribution in [3.8, 4) is 33.8 Å². The summed E-state index contributed by atoms with van der Waals surface area (Å²) in [6.45, 7) is 3.72. The van der Waals surface area contributed by atoms with Crippen LogP contribution in [-0.4, -0.2) is 38.8 Å². The van der Waals surface area contributed by atoms with E-state index >= 15 is 35.1 Å². The van der Waals surface area contributed by atoms with Crippen molar-refractivity contribution in [2.75, 3.05) is 14.2 Å². The van der Waals surface area contributed by atoms with E-state index < -0.39 is 117 Å². The van der Waals surface area contributed by atoms with Gasteiger partial charge in [0.1, 0.15) is 45.9 Å². The zero-order valence-electron chi connectivity index (χ0n) is 43.9. The highest BCUT2D eigenvalue weighted by atomic mass is 19.4. The van der Waals surface area contributed by atoms with Crippen molar-refractivity contribution in [1.29, 1.82) is 0 Å². The standard InChI is InChI=1S/C64H52F14O3/c1-5-37-19-27-47(51(65)33-37)41-21-15-39(16-22-41)31-43-11-7-9-13-49(43)61(69,70)57-53(29-25-45(59(57)67)35-55(79-3)63(73,74)75)81-54-30-26-46(36-56(80-4)64(76,77)78)60(68)58(54)62(71,72)50-14-10-8-12-44(50)32-40-17-23-42(24-18-40)48-28-20-38(6-2)34-52(48)66/h7-30,33-34,55-56H,5-6,31-32,35-36H2,1-4H3. The van der Waals surface area contributed by atoms with Crippen molar-refractivity contribution in [1.82, 2.24) is 0 Å². The molecule has 8 rings (SSSR count). The van der Waals surface area contributed by atoms with Crippen LogP contribution in [0.25, 0.3) is 22.3 Å². The van der Waals surface area contributed by atoms with Crippen LogP contribution in [0, 0.1) is 23.3 Å². The molecule has 0 heterocycles. The molecule has 8 aromatic carbocycles. The molecule has 0 aliphatic rings. The Balaban J connectivity index is 1.24. The predicted molar refractivity (Wildman–Crippen MR) is 281 cm³/mol. The molecule has 0 aromatic heterocycles. The third kappa shape index (κ3) is 13.0. The zero-order valence-corrected chi connectivity index (χ0v) is 43.9. The maximum absolute atomic E-state index is 17.8. The van der Waals surface area contributed by atoms with Gasteiger partial charge in [-0.3, -0.25) is 0 Å². The number of methoxy groups -OCH3 is 2.